The van der Waals surface area contributed by atoms with Gasteiger partial charge in [0.05, 0.1) is 23.6 Å². The lowest BCUT2D eigenvalue weighted by Crippen LogP contribution is -2.52. The smallest absolute Gasteiger partial charge is 0.338 e. The SMILES string of the molecule is CON(C)S(=O)(=O)c1ccc(C(=O)O[C@H](C)C(=O)NC2(C#N)CCCCC2)cc1. The highest BCUT2D eigenvalue weighted by atomic mass is 32.2. The second kappa shape index (κ2) is 9.35. The van der Waals surface area contributed by atoms with Crippen molar-refractivity contribution in [2.24, 2.45) is 0 Å². The van der Waals surface area contributed by atoms with Crippen LogP contribution in [0.1, 0.15) is 49.4 Å². The van der Waals surface area contributed by atoms with E-state index in [1.165, 1.54) is 45.3 Å². The van der Waals surface area contributed by atoms with E-state index < -0.39 is 33.5 Å². The van der Waals surface area contributed by atoms with Gasteiger partial charge in [0.2, 0.25) is 0 Å². The molecule has 0 unspecified atom stereocenters. The lowest BCUT2D eigenvalue weighted by molar-refractivity contribution is -0.130. The monoisotopic (exact) mass is 423 g/mol. The molecule has 1 aliphatic carbocycles. The number of carbonyl (C=O) groups excluding carboxylic acids is 2. The Hall–Kier alpha value is -2.48. The molecule has 1 aromatic rings. The van der Waals surface area contributed by atoms with Gasteiger partial charge in [0.15, 0.2) is 6.10 Å². The van der Waals surface area contributed by atoms with Crippen LogP contribution in [0.25, 0.3) is 0 Å². The summed E-state index contributed by atoms with van der Waals surface area (Å²) in [5.74, 6) is -1.31. The largest absolute Gasteiger partial charge is 0.449 e. The van der Waals surface area contributed by atoms with Crippen LogP contribution in [0, 0.1) is 11.3 Å². The fraction of sp³-hybridized carbons (Fsp3) is 0.526. The van der Waals surface area contributed by atoms with Crippen LogP contribution in [0.4, 0.5) is 0 Å². The van der Waals surface area contributed by atoms with Gasteiger partial charge >= 0.3 is 5.97 Å². The molecule has 0 aliphatic heterocycles. The van der Waals surface area contributed by atoms with Crippen molar-refractivity contribution < 1.29 is 27.6 Å². The Balaban J connectivity index is 2.02. The van der Waals surface area contributed by atoms with Crippen LogP contribution in [0.15, 0.2) is 29.2 Å². The number of hydroxylamine groups is 1. The topological polar surface area (TPSA) is 126 Å². The minimum atomic E-state index is -3.83. The normalized spacial score (nSPS) is 17.2. The summed E-state index contributed by atoms with van der Waals surface area (Å²) in [5.41, 5.74) is -0.823. The van der Waals surface area contributed by atoms with E-state index >= 15 is 0 Å². The highest BCUT2D eigenvalue weighted by Gasteiger charge is 2.35. The Kier molecular flexibility index (Phi) is 7.35. The molecule has 0 bridgehead atoms. The zero-order chi connectivity index (χ0) is 21.7. The Morgan fingerprint density at radius 1 is 1.21 bits per heavy atom. The van der Waals surface area contributed by atoms with Gasteiger partial charge in [0.1, 0.15) is 5.54 Å². The van der Waals surface area contributed by atoms with E-state index in [1.807, 2.05) is 0 Å². The first-order valence-electron chi connectivity index (χ1n) is 9.22. The summed E-state index contributed by atoms with van der Waals surface area (Å²) in [5, 5.41) is 12.2. The van der Waals surface area contributed by atoms with Crippen molar-refractivity contribution in [3.63, 3.8) is 0 Å². The van der Waals surface area contributed by atoms with Crippen LogP contribution in [0.2, 0.25) is 0 Å². The zero-order valence-electron chi connectivity index (χ0n) is 16.7. The van der Waals surface area contributed by atoms with Crippen LogP contribution in [-0.2, 0) is 24.4 Å². The van der Waals surface area contributed by atoms with Crippen LogP contribution in [-0.4, -0.2) is 50.6 Å². The molecule has 1 N–H and O–H groups in total. The highest BCUT2D eigenvalue weighted by Crippen LogP contribution is 2.27. The number of nitriles is 1. The van der Waals surface area contributed by atoms with Crippen molar-refractivity contribution in [2.75, 3.05) is 14.2 Å². The van der Waals surface area contributed by atoms with Crippen LogP contribution in [0.3, 0.4) is 0 Å². The predicted octanol–water partition coefficient (Wildman–Crippen LogP) is 1.76. The molecule has 1 fully saturated rings. The van der Waals surface area contributed by atoms with Crippen molar-refractivity contribution in [1.82, 2.24) is 9.79 Å². The summed E-state index contributed by atoms with van der Waals surface area (Å²) in [4.78, 5) is 29.3. The fourth-order valence-corrected chi connectivity index (χ4v) is 4.02. The minimum absolute atomic E-state index is 0.0579. The van der Waals surface area contributed by atoms with Crippen molar-refractivity contribution in [3.8, 4) is 6.07 Å². The molecule has 0 heterocycles. The van der Waals surface area contributed by atoms with Gasteiger partial charge < -0.3 is 10.1 Å². The second-order valence-electron chi connectivity index (χ2n) is 6.91. The number of hydrogen-bond acceptors (Lipinski definition) is 7. The molecule has 1 aliphatic rings. The molecule has 1 amide bonds. The summed E-state index contributed by atoms with van der Waals surface area (Å²) >= 11 is 0. The number of nitrogens with zero attached hydrogens (tertiary/aromatic N) is 2. The Morgan fingerprint density at radius 3 is 2.31 bits per heavy atom. The molecule has 0 aromatic heterocycles. The van der Waals surface area contributed by atoms with E-state index in [0.717, 1.165) is 19.3 Å². The molecule has 0 spiro atoms. The molecule has 0 radical (unpaired) electrons. The second-order valence-corrected chi connectivity index (χ2v) is 8.85. The summed E-state index contributed by atoms with van der Waals surface area (Å²) in [7, 11) is -1.36. The Bertz CT molecular complexity index is 886. The highest BCUT2D eigenvalue weighted by molar-refractivity contribution is 7.89. The summed E-state index contributed by atoms with van der Waals surface area (Å²) in [6, 6.07) is 7.26. The number of carbonyl (C=O) groups is 2. The quantitative estimate of drug-likeness (QED) is 0.523. The van der Waals surface area contributed by atoms with Crippen LogP contribution in [0.5, 0.6) is 0 Å². The summed E-state index contributed by atoms with van der Waals surface area (Å²) in [6.07, 6.45) is 2.78. The van der Waals surface area contributed by atoms with E-state index in [1.54, 1.807) is 0 Å². The number of sulfonamides is 1. The van der Waals surface area contributed by atoms with Gasteiger partial charge in [0.25, 0.3) is 15.9 Å². The predicted molar refractivity (Wildman–Crippen MR) is 103 cm³/mol. The first-order chi connectivity index (χ1) is 13.6. The van der Waals surface area contributed by atoms with Crippen molar-refractivity contribution in [1.29, 1.82) is 5.26 Å². The number of esters is 1. The van der Waals surface area contributed by atoms with E-state index in [2.05, 4.69) is 11.4 Å². The molecular formula is C19H25N3O6S. The average molecular weight is 423 g/mol. The lowest BCUT2D eigenvalue weighted by atomic mass is 9.83. The number of amides is 1. The van der Waals surface area contributed by atoms with E-state index in [-0.39, 0.29) is 10.5 Å². The molecule has 9 nitrogen and oxygen atoms in total. The molecule has 1 saturated carbocycles. The fourth-order valence-electron chi connectivity index (χ4n) is 3.05. The third-order valence-corrected chi connectivity index (χ3v) is 6.61. The maximum absolute atomic E-state index is 12.4. The molecule has 29 heavy (non-hydrogen) atoms. The number of nitrogens with one attached hydrogen (secondary N) is 1. The van der Waals surface area contributed by atoms with E-state index in [9.17, 15) is 23.3 Å². The van der Waals surface area contributed by atoms with Gasteiger partial charge in [0, 0.05) is 7.05 Å². The summed E-state index contributed by atoms with van der Waals surface area (Å²) < 4.78 is 30.2. The molecule has 2 rings (SSSR count). The van der Waals surface area contributed by atoms with Gasteiger partial charge in [-0.25, -0.2) is 13.2 Å². The van der Waals surface area contributed by atoms with E-state index in [0.29, 0.717) is 17.3 Å². The van der Waals surface area contributed by atoms with Gasteiger partial charge in [-0.2, -0.15) is 5.26 Å². The third-order valence-electron chi connectivity index (χ3n) is 4.92. The molecule has 1 atom stereocenters. The summed E-state index contributed by atoms with van der Waals surface area (Å²) in [6.45, 7) is 1.42. The minimum Gasteiger partial charge on any atom is -0.449 e. The van der Waals surface area contributed by atoms with Crippen LogP contribution >= 0.6 is 0 Å². The Morgan fingerprint density at radius 2 is 1.79 bits per heavy atom. The molecular weight excluding hydrogens is 398 g/mol. The first-order valence-corrected chi connectivity index (χ1v) is 10.7. The lowest BCUT2D eigenvalue weighted by Gasteiger charge is -2.32. The average Bonchev–Trinajstić information content (AvgIpc) is 2.73. The molecule has 10 heteroatoms. The zero-order valence-corrected chi connectivity index (χ0v) is 17.5. The van der Waals surface area contributed by atoms with Crippen LogP contribution < -0.4 is 5.32 Å². The number of benzene rings is 1. The van der Waals surface area contributed by atoms with E-state index in [4.69, 9.17) is 9.57 Å². The third kappa shape index (κ3) is 5.32. The van der Waals surface area contributed by atoms with Gasteiger partial charge in [-0.1, -0.05) is 23.7 Å². The molecule has 0 saturated heterocycles. The number of hydrogen-bond donors (Lipinski definition) is 1. The van der Waals surface area contributed by atoms with Gasteiger partial charge in [-0.05, 0) is 44.0 Å². The van der Waals surface area contributed by atoms with Gasteiger partial charge in [-0.15, -0.1) is 0 Å². The van der Waals surface area contributed by atoms with Gasteiger partial charge in [-0.3, -0.25) is 9.63 Å². The Labute approximate surface area is 170 Å². The number of ether oxygens (including phenoxy) is 1. The standard InChI is InChI=1S/C19H25N3O6S/c1-14(17(23)21-19(13-20)11-5-4-6-12-19)28-18(24)15-7-9-16(10-8-15)29(25,26)22(2)27-3/h7-10,14H,4-6,11-12H2,1-3H3,(H,21,23)/t14-/m1/s1. The molecule has 1 aromatic carbocycles. The van der Waals surface area contributed by atoms with Crippen molar-refractivity contribution >= 4 is 21.9 Å². The molecule has 158 valence electrons. The number of rotatable bonds is 7. The maximum atomic E-state index is 12.4. The maximum Gasteiger partial charge on any atom is 0.338 e. The van der Waals surface area contributed by atoms with Crippen molar-refractivity contribution in [3.05, 3.63) is 29.8 Å². The first kappa shape index (κ1) is 22.8. The van der Waals surface area contributed by atoms with Crippen molar-refractivity contribution in [2.45, 2.75) is 55.6 Å².